The fourth-order valence-electron chi connectivity index (χ4n) is 4.66. The van der Waals surface area contributed by atoms with Crippen molar-refractivity contribution < 1.29 is 14.6 Å². The van der Waals surface area contributed by atoms with Crippen LogP contribution in [0.4, 0.5) is 0 Å². The Morgan fingerprint density at radius 2 is 2.27 bits per heavy atom. The number of carbonyl (C=O) groups is 1. The largest absolute Gasteiger partial charge is 0.393 e. The van der Waals surface area contributed by atoms with E-state index in [0.717, 1.165) is 31.2 Å². The number of hydrogen-bond donors (Lipinski definition) is 2. The molecule has 2 fully saturated rings. The number of aryl methyl sites for hydroxylation is 2. The first-order valence-corrected chi connectivity index (χ1v) is 9.76. The second-order valence-corrected chi connectivity index (χ2v) is 7.70. The van der Waals surface area contributed by atoms with E-state index in [1.807, 2.05) is 11.1 Å². The van der Waals surface area contributed by atoms with Crippen molar-refractivity contribution in [3.05, 3.63) is 35.5 Å². The van der Waals surface area contributed by atoms with Crippen LogP contribution < -0.4 is 0 Å². The van der Waals surface area contributed by atoms with Crippen LogP contribution in [0.15, 0.2) is 24.4 Å². The van der Waals surface area contributed by atoms with Gasteiger partial charge in [-0.1, -0.05) is 24.6 Å². The minimum absolute atomic E-state index is 0.0268. The Labute approximate surface area is 154 Å². The molecule has 0 radical (unpaired) electrons. The van der Waals surface area contributed by atoms with Crippen molar-refractivity contribution in [3.63, 3.8) is 0 Å². The van der Waals surface area contributed by atoms with Crippen LogP contribution in [-0.2, 0) is 16.0 Å². The number of aliphatic hydroxyl groups is 1. The molecule has 0 spiro atoms. The quantitative estimate of drug-likeness (QED) is 0.885. The number of aromatic nitrogens is 1. The lowest BCUT2D eigenvalue weighted by atomic mass is 9.93. The fraction of sp³-hybridized carbons (Fsp3) is 0.571. The number of carbonyl (C=O) groups excluding carboxylic acids is 1. The van der Waals surface area contributed by atoms with Gasteiger partial charge in [0.15, 0.2) is 0 Å². The Kier molecular flexibility index (Phi) is 5.00. The molecule has 1 aromatic heterocycles. The first-order valence-electron chi connectivity index (χ1n) is 9.76. The summed E-state index contributed by atoms with van der Waals surface area (Å²) in [5, 5.41) is 11.5. The lowest BCUT2D eigenvalue weighted by Crippen LogP contribution is -2.53. The standard InChI is InChI=1S/C21H28N2O3/c1-14-4-2-5-16-15(12-22-21(14)16)8-9-20(25)23-10-11-26-13-18(23)17-6-3-7-19(17)24/h2,4-5,12,17-19,22,24H,3,6-11,13H2,1H3/t17-,18+,19-/m0/s1. The monoisotopic (exact) mass is 356 g/mol. The summed E-state index contributed by atoms with van der Waals surface area (Å²) in [4.78, 5) is 18.3. The summed E-state index contributed by atoms with van der Waals surface area (Å²) in [6.07, 6.45) is 5.84. The zero-order valence-corrected chi connectivity index (χ0v) is 15.4. The van der Waals surface area contributed by atoms with E-state index in [0.29, 0.717) is 26.2 Å². The van der Waals surface area contributed by atoms with Gasteiger partial charge in [-0.3, -0.25) is 4.79 Å². The number of para-hydroxylation sites is 1. The first-order chi connectivity index (χ1) is 12.6. The van der Waals surface area contributed by atoms with Crippen molar-refractivity contribution in [3.8, 4) is 0 Å². The lowest BCUT2D eigenvalue weighted by molar-refractivity contribution is -0.143. The van der Waals surface area contributed by atoms with E-state index in [1.54, 1.807) is 0 Å². The first kappa shape index (κ1) is 17.6. The van der Waals surface area contributed by atoms with Crippen molar-refractivity contribution in [2.75, 3.05) is 19.8 Å². The van der Waals surface area contributed by atoms with Gasteiger partial charge in [0.25, 0.3) is 0 Å². The topological polar surface area (TPSA) is 65.6 Å². The van der Waals surface area contributed by atoms with Gasteiger partial charge in [0.2, 0.25) is 5.91 Å². The van der Waals surface area contributed by atoms with Gasteiger partial charge in [0.1, 0.15) is 0 Å². The van der Waals surface area contributed by atoms with Crippen LogP contribution in [0.1, 0.15) is 36.8 Å². The van der Waals surface area contributed by atoms with E-state index in [2.05, 4.69) is 30.1 Å². The molecule has 3 atom stereocenters. The second kappa shape index (κ2) is 7.41. The Morgan fingerprint density at radius 1 is 1.38 bits per heavy atom. The van der Waals surface area contributed by atoms with Crippen molar-refractivity contribution in [1.82, 2.24) is 9.88 Å². The molecule has 1 aliphatic carbocycles. The molecule has 1 aliphatic heterocycles. The number of benzene rings is 1. The summed E-state index contributed by atoms with van der Waals surface area (Å²) < 4.78 is 5.63. The number of amides is 1. The summed E-state index contributed by atoms with van der Waals surface area (Å²) in [5.41, 5.74) is 3.58. The molecule has 1 saturated heterocycles. The molecule has 5 heteroatoms. The van der Waals surface area contributed by atoms with Crippen LogP contribution in [0.2, 0.25) is 0 Å². The predicted octanol–water partition coefficient (Wildman–Crippen LogP) is 2.80. The molecule has 140 valence electrons. The maximum absolute atomic E-state index is 12.9. The summed E-state index contributed by atoms with van der Waals surface area (Å²) in [6.45, 7) is 3.88. The third-order valence-corrected chi connectivity index (χ3v) is 6.13. The number of aromatic amines is 1. The van der Waals surface area contributed by atoms with Crippen LogP contribution in [-0.4, -0.2) is 52.8 Å². The highest BCUT2D eigenvalue weighted by molar-refractivity contribution is 5.86. The molecule has 2 heterocycles. The molecular formula is C21H28N2O3. The molecule has 2 aromatic rings. The van der Waals surface area contributed by atoms with Gasteiger partial charge >= 0.3 is 0 Å². The zero-order valence-electron chi connectivity index (χ0n) is 15.4. The molecule has 1 saturated carbocycles. The van der Waals surface area contributed by atoms with Crippen molar-refractivity contribution in [2.45, 2.75) is 51.2 Å². The highest BCUT2D eigenvalue weighted by Gasteiger charge is 2.39. The Morgan fingerprint density at radius 3 is 3.08 bits per heavy atom. The third kappa shape index (κ3) is 3.26. The Hall–Kier alpha value is -1.85. The van der Waals surface area contributed by atoms with Gasteiger partial charge in [-0.15, -0.1) is 0 Å². The number of nitrogens with zero attached hydrogens (tertiary/aromatic N) is 1. The fourth-order valence-corrected chi connectivity index (χ4v) is 4.66. The van der Waals surface area contributed by atoms with Crippen LogP contribution in [0, 0.1) is 12.8 Å². The zero-order chi connectivity index (χ0) is 18.1. The summed E-state index contributed by atoms with van der Waals surface area (Å²) in [6, 6.07) is 6.30. The maximum atomic E-state index is 12.9. The molecular weight excluding hydrogens is 328 g/mol. The normalized spacial score (nSPS) is 26.5. The van der Waals surface area contributed by atoms with Crippen LogP contribution in [0.3, 0.4) is 0 Å². The highest BCUT2D eigenvalue weighted by Crippen LogP contribution is 2.32. The summed E-state index contributed by atoms with van der Waals surface area (Å²) in [5.74, 6) is 0.342. The van der Waals surface area contributed by atoms with Crippen molar-refractivity contribution >= 4 is 16.8 Å². The Bertz CT molecular complexity index is 785. The number of fused-ring (bicyclic) bond motifs is 1. The highest BCUT2D eigenvalue weighted by atomic mass is 16.5. The predicted molar refractivity (Wildman–Crippen MR) is 101 cm³/mol. The van der Waals surface area contributed by atoms with Gasteiger partial charge < -0.3 is 19.7 Å². The van der Waals surface area contributed by atoms with E-state index in [1.165, 1.54) is 16.5 Å². The molecule has 1 aromatic carbocycles. The van der Waals surface area contributed by atoms with Gasteiger partial charge in [0, 0.05) is 36.0 Å². The SMILES string of the molecule is Cc1cccc2c(CCC(=O)N3CCOC[C@@H]3[C@@H]3CCC[C@@H]3O)c[nH]c12. The molecule has 26 heavy (non-hydrogen) atoms. The number of H-pyrrole nitrogens is 1. The number of rotatable bonds is 4. The van der Waals surface area contributed by atoms with Gasteiger partial charge in [-0.2, -0.15) is 0 Å². The van der Waals surface area contributed by atoms with E-state index in [9.17, 15) is 9.90 Å². The average Bonchev–Trinajstić information content (AvgIpc) is 3.26. The third-order valence-electron chi connectivity index (χ3n) is 6.13. The minimum atomic E-state index is -0.298. The maximum Gasteiger partial charge on any atom is 0.223 e. The van der Waals surface area contributed by atoms with Crippen molar-refractivity contribution in [2.24, 2.45) is 5.92 Å². The smallest absolute Gasteiger partial charge is 0.223 e. The minimum Gasteiger partial charge on any atom is -0.393 e. The summed E-state index contributed by atoms with van der Waals surface area (Å²) in [7, 11) is 0. The number of morpholine rings is 1. The molecule has 0 bridgehead atoms. The Balaban J connectivity index is 1.45. The lowest BCUT2D eigenvalue weighted by Gasteiger charge is -2.40. The van der Waals surface area contributed by atoms with E-state index < -0.39 is 0 Å². The molecule has 0 unspecified atom stereocenters. The van der Waals surface area contributed by atoms with E-state index >= 15 is 0 Å². The van der Waals surface area contributed by atoms with E-state index in [4.69, 9.17) is 4.74 Å². The molecule has 2 N–H and O–H groups in total. The van der Waals surface area contributed by atoms with Gasteiger partial charge in [-0.25, -0.2) is 0 Å². The average molecular weight is 356 g/mol. The molecule has 1 amide bonds. The van der Waals surface area contributed by atoms with Gasteiger partial charge in [0.05, 0.1) is 25.4 Å². The van der Waals surface area contributed by atoms with Gasteiger partial charge in [-0.05, 0) is 37.3 Å². The molecule has 4 rings (SSSR count). The van der Waals surface area contributed by atoms with Crippen molar-refractivity contribution in [1.29, 1.82) is 0 Å². The number of hydrogen-bond acceptors (Lipinski definition) is 3. The van der Waals surface area contributed by atoms with Crippen LogP contribution in [0.5, 0.6) is 0 Å². The number of ether oxygens (including phenoxy) is 1. The van der Waals surface area contributed by atoms with E-state index in [-0.39, 0.29) is 24.0 Å². The van der Waals surface area contributed by atoms with Crippen LogP contribution in [0.25, 0.3) is 10.9 Å². The summed E-state index contributed by atoms with van der Waals surface area (Å²) >= 11 is 0. The molecule has 2 aliphatic rings. The van der Waals surface area contributed by atoms with Crippen LogP contribution >= 0.6 is 0 Å². The number of aliphatic hydroxyl groups excluding tert-OH is 1. The molecule has 5 nitrogen and oxygen atoms in total. The second-order valence-electron chi connectivity index (χ2n) is 7.70. The number of nitrogens with one attached hydrogen (secondary N) is 1.